The lowest BCUT2D eigenvalue weighted by molar-refractivity contribution is 0.536. The molecule has 1 heterocycles. The molecule has 0 radical (unpaired) electrons. The fourth-order valence-electron chi connectivity index (χ4n) is 2.44. The average Bonchev–Trinajstić information content (AvgIpc) is 2.78. The monoisotopic (exact) mass is 284 g/mol. The summed E-state index contributed by atoms with van der Waals surface area (Å²) in [6, 6.07) is 16.2. The Hall–Kier alpha value is -1.80. The lowest BCUT2D eigenvalue weighted by atomic mass is 10.2. The molecule has 1 aromatic heterocycles. The van der Waals surface area contributed by atoms with Crippen molar-refractivity contribution in [3.63, 3.8) is 0 Å². The summed E-state index contributed by atoms with van der Waals surface area (Å²) in [5.41, 5.74) is 3.33. The van der Waals surface area contributed by atoms with Crippen LogP contribution in [0.2, 0.25) is 5.02 Å². The third kappa shape index (κ3) is 2.44. The van der Waals surface area contributed by atoms with E-state index >= 15 is 0 Å². The van der Waals surface area contributed by atoms with E-state index in [4.69, 9.17) is 16.6 Å². The van der Waals surface area contributed by atoms with Gasteiger partial charge in [-0.15, -0.1) is 0 Å². The number of hydrogen-bond donors (Lipinski definition) is 0. The first-order chi connectivity index (χ1) is 9.65. The summed E-state index contributed by atoms with van der Waals surface area (Å²) in [5.74, 6) is 1.58. The van der Waals surface area contributed by atoms with Crippen molar-refractivity contribution < 1.29 is 0 Å². The fourth-order valence-corrected chi connectivity index (χ4v) is 2.57. The summed E-state index contributed by atoms with van der Waals surface area (Å²) in [4.78, 5) is 4.79. The van der Waals surface area contributed by atoms with Gasteiger partial charge >= 0.3 is 0 Å². The molecule has 0 bridgehead atoms. The zero-order valence-electron chi connectivity index (χ0n) is 11.7. The predicted octanol–water partition coefficient (Wildman–Crippen LogP) is 5.01. The highest BCUT2D eigenvalue weighted by atomic mass is 35.5. The first kappa shape index (κ1) is 13.2. The van der Waals surface area contributed by atoms with E-state index in [2.05, 4.69) is 36.6 Å². The number of imidazole rings is 1. The second kappa shape index (κ2) is 5.29. The van der Waals surface area contributed by atoms with Crippen LogP contribution in [0.4, 0.5) is 0 Å². The van der Waals surface area contributed by atoms with Gasteiger partial charge in [0, 0.05) is 17.1 Å². The minimum Gasteiger partial charge on any atom is -0.324 e. The van der Waals surface area contributed by atoms with Crippen molar-refractivity contribution in [2.75, 3.05) is 0 Å². The Morgan fingerprint density at radius 2 is 1.75 bits per heavy atom. The second-order valence-electron chi connectivity index (χ2n) is 5.44. The van der Waals surface area contributed by atoms with Gasteiger partial charge in [-0.25, -0.2) is 4.98 Å². The maximum atomic E-state index is 5.97. The van der Waals surface area contributed by atoms with Crippen molar-refractivity contribution in [2.45, 2.75) is 20.4 Å². The highest BCUT2D eigenvalue weighted by molar-refractivity contribution is 6.30. The number of para-hydroxylation sites is 2. The topological polar surface area (TPSA) is 17.8 Å². The normalized spacial score (nSPS) is 11.4. The molecule has 0 aliphatic rings. The predicted molar refractivity (Wildman–Crippen MR) is 85.0 cm³/mol. The summed E-state index contributed by atoms with van der Waals surface area (Å²) >= 11 is 5.97. The summed E-state index contributed by atoms with van der Waals surface area (Å²) in [5, 5.41) is 0.750. The summed E-state index contributed by atoms with van der Waals surface area (Å²) in [6.07, 6.45) is 0. The molecule has 0 atom stereocenters. The average molecular weight is 285 g/mol. The van der Waals surface area contributed by atoms with Crippen LogP contribution in [0.1, 0.15) is 13.8 Å². The molecular weight excluding hydrogens is 268 g/mol. The number of nitrogens with zero attached hydrogens (tertiary/aromatic N) is 2. The molecule has 3 heteroatoms. The van der Waals surface area contributed by atoms with Crippen LogP contribution in [0, 0.1) is 5.92 Å². The van der Waals surface area contributed by atoms with E-state index in [1.165, 1.54) is 5.52 Å². The smallest absolute Gasteiger partial charge is 0.141 e. The highest BCUT2D eigenvalue weighted by Gasteiger charge is 2.13. The number of halogens is 1. The van der Waals surface area contributed by atoms with Gasteiger partial charge in [0.25, 0.3) is 0 Å². The van der Waals surface area contributed by atoms with Crippen LogP contribution in [0.5, 0.6) is 0 Å². The largest absolute Gasteiger partial charge is 0.324 e. The molecule has 0 unspecified atom stereocenters. The molecule has 0 saturated carbocycles. The molecule has 20 heavy (non-hydrogen) atoms. The Bertz CT molecular complexity index is 726. The highest BCUT2D eigenvalue weighted by Crippen LogP contribution is 2.26. The molecule has 0 aliphatic heterocycles. The van der Waals surface area contributed by atoms with Gasteiger partial charge in [-0.1, -0.05) is 37.6 Å². The van der Waals surface area contributed by atoms with E-state index in [9.17, 15) is 0 Å². The number of aromatic nitrogens is 2. The van der Waals surface area contributed by atoms with Crippen molar-refractivity contribution >= 4 is 22.6 Å². The molecule has 0 N–H and O–H groups in total. The van der Waals surface area contributed by atoms with Crippen LogP contribution >= 0.6 is 11.6 Å². The van der Waals surface area contributed by atoms with Crippen LogP contribution in [-0.4, -0.2) is 9.55 Å². The molecule has 0 spiro atoms. The minimum atomic E-state index is 0.568. The van der Waals surface area contributed by atoms with Gasteiger partial charge < -0.3 is 4.57 Å². The Kier molecular flexibility index (Phi) is 3.49. The summed E-state index contributed by atoms with van der Waals surface area (Å²) in [7, 11) is 0. The first-order valence-corrected chi connectivity index (χ1v) is 7.24. The molecule has 2 aromatic carbocycles. The maximum Gasteiger partial charge on any atom is 0.141 e. The van der Waals surface area contributed by atoms with Crippen molar-refractivity contribution in [1.29, 1.82) is 0 Å². The minimum absolute atomic E-state index is 0.568. The van der Waals surface area contributed by atoms with E-state index in [0.29, 0.717) is 5.92 Å². The Morgan fingerprint density at radius 3 is 2.45 bits per heavy atom. The van der Waals surface area contributed by atoms with Crippen molar-refractivity contribution in [1.82, 2.24) is 9.55 Å². The molecule has 102 valence electrons. The van der Waals surface area contributed by atoms with Gasteiger partial charge in [0.15, 0.2) is 0 Å². The Labute approximate surface area is 124 Å². The van der Waals surface area contributed by atoms with Gasteiger partial charge in [0.05, 0.1) is 11.0 Å². The first-order valence-electron chi connectivity index (χ1n) is 6.86. The molecule has 2 nitrogen and oxygen atoms in total. The van der Waals surface area contributed by atoms with E-state index in [-0.39, 0.29) is 0 Å². The lowest BCUT2D eigenvalue weighted by Gasteiger charge is -2.11. The molecule has 3 aromatic rings. The quantitative estimate of drug-likeness (QED) is 0.661. The van der Waals surface area contributed by atoms with Gasteiger partial charge in [-0.05, 0) is 42.3 Å². The Morgan fingerprint density at radius 1 is 1.05 bits per heavy atom. The second-order valence-corrected chi connectivity index (χ2v) is 5.87. The summed E-state index contributed by atoms with van der Waals surface area (Å²) < 4.78 is 2.29. The van der Waals surface area contributed by atoms with Crippen LogP contribution in [0.3, 0.4) is 0 Å². The lowest BCUT2D eigenvalue weighted by Crippen LogP contribution is -2.06. The zero-order valence-corrected chi connectivity index (χ0v) is 12.4. The number of benzene rings is 2. The number of hydrogen-bond acceptors (Lipinski definition) is 1. The van der Waals surface area contributed by atoms with E-state index in [1.54, 1.807) is 0 Å². The SMILES string of the molecule is CC(C)Cn1c(-c2ccc(Cl)cc2)nc2ccccc21. The molecule has 3 rings (SSSR count). The zero-order chi connectivity index (χ0) is 14.1. The maximum absolute atomic E-state index is 5.97. The van der Waals surface area contributed by atoms with Crippen molar-refractivity contribution in [3.05, 3.63) is 53.6 Å². The standard InChI is InChI=1S/C17H17ClN2/c1-12(2)11-20-16-6-4-3-5-15(16)19-17(20)13-7-9-14(18)10-8-13/h3-10,12H,11H2,1-2H3. The van der Waals surface area contributed by atoms with Gasteiger partial charge in [0.2, 0.25) is 0 Å². The number of rotatable bonds is 3. The fraction of sp³-hybridized carbons (Fsp3) is 0.235. The summed E-state index contributed by atoms with van der Waals surface area (Å²) in [6.45, 7) is 5.40. The van der Waals surface area contributed by atoms with Crippen LogP contribution in [0.25, 0.3) is 22.4 Å². The van der Waals surface area contributed by atoms with Gasteiger partial charge in [-0.2, -0.15) is 0 Å². The van der Waals surface area contributed by atoms with Crippen LogP contribution in [0.15, 0.2) is 48.5 Å². The van der Waals surface area contributed by atoms with Crippen molar-refractivity contribution in [2.24, 2.45) is 5.92 Å². The van der Waals surface area contributed by atoms with E-state index < -0.39 is 0 Å². The van der Waals surface area contributed by atoms with Crippen LogP contribution < -0.4 is 0 Å². The number of fused-ring (bicyclic) bond motifs is 1. The van der Waals surface area contributed by atoms with Crippen LogP contribution in [-0.2, 0) is 6.54 Å². The molecule has 0 amide bonds. The molecule has 0 saturated heterocycles. The molecule has 0 fully saturated rings. The molecular formula is C17H17ClN2. The van der Waals surface area contributed by atoms with E-state index in [0.717, 1.165) is 28.5 Å². The van der Waals surface area contributed by atoms with Crippen molar-refractivity contribution in [3.8, 4) is 11.4 Å². The van der Waals surface area contributed by atoms with Gasteiger partial charge in [-0.3, -0.25) is 0 Å². The Balaban J connectivity index is 2.20. The molecule has 0 aliphatic carbocycles. The third-order valence-corrected chi connectivity index (χ3v) is 3.56. The van der Waals surface area contributed by atoms with Gasteiger partial charge in [0.1, 0.15) is 5.82 Å². The van der Waals surface area contributed by atoms with E-state index in [1.807, 2.05) is 30.3 Å². The third-order valence-electron chi connectivity index (χ3n) is 3.30.